The number of hydrazone groups is 1. The zero-order valence-corrected chi connectivity index (χ0v) is 14.6. The first-order valence-corrected chi connectivity index (χ1v) is 8.84. The minimum Gasteiger partial charge on any atom is -0.324 e. The Hall–Kier alpha value is -3.65. The molecule has 3 aromatic rings. The van der Waals surface area contributed by atoms with E-state index in [9.17, 15) is 10.1 Å². The number of H-pyrrole nitrogens is 1. The third kappa shape index (κ3) is 3.51. The molecule has 0 saturated carbocycles. The van der Waals surface area contributed by atoms with E-state index in [1.54, 1.807) is 6.07 Å². The minimum atomic E-state index is -0.347. The van der Waals surface area contributed by atoms with Gasteiger partial charge in [-0.1, -0.05) is 48.5 Å². The van der Waals surface area contributed by atoms with E-state index in [0.717, 1.165) is 29.1 Å². The number of aromatic nitrogens is 1. The average molecular weight is 354 g/mol. The highest BCUT2D eigenvalue weighted by atomic mass is 16.1. The number of anilines is 1. The molecule has 1 heterocycles. The maximum absolute atomic E-state index is 12.1. The van der Waals surface area contributed by atoms with Crippen LogP contribution in [0.4, 0.5) is 5.69 Å². The molecular formula is C22H18N4O. The number of nitrogens with one attached hydrogen (secondary N) is 2. The highest BCUT2D eigenvalue weighted by Gasteiger charge is 2.26. The van der Waals surface area contributed by atoms with E-state index < -0.39 is 0 Å². The molecule has 0 spiro atoms. The molecule has 27 heavy (non-hydrogen) atoms. The summed E-state index contributed by atoms with van der Waals surface area (Å²) < 4.78 is 0. The van der Waals surface area contributed by atoms with Crippen LogP contribution < -0.4 is 11.0 Å². The Bertz CT molecular complexity index is 1080. The molecule has 1 aliphatic rings. The van der Waals surface area contributed by atoms with E-state index in [1.807, 2.05) is 54.6 Å². The molecule has 1 aliphatic carbocycles. The van der Waals surface area contributed by atoms with Gasteiger partial charge in [-0.2, -0.15) is 10.4 Å². The molecular weight excluding hydrogens is 336 g/mol. The van der Waals surface area contributed by atoms with Crippen molar-refractivity contribution in [3.63, 3.8) is 0 Å². The van der Waals surface area contributed by atoms with Crippen LogP contribution in [0.25, 0.3) is 0 Å². The molecule has 0 unspecified atom stereocenters. The molecule has 0 saturated heterocycles. The van der Waals surface area contributed by atoms with Crippen LogP contribution >= 0.6 is 0 Å². The molecule has 0 bridgehead atoms. The second-order valence-corrected chi connectivity index (χ2v) is 6.57. The van der Waals surface area contributed by atoms with E-state index in [2.05, 4.69) is 27.6 Å². The van der Waals surface area contributed by atoms with Gasteiger partial charge in [0.15, 0.2) is 0 Å². The number of nitriles is 1. The summed E-state index contributed by atoms with van der Waals surface area (Å²) >= 11 is 0. The van der Waals surface area contributed by atoms with Gasteiger partial charge in [-0.3, -0.25) is 10.2 Å². The Labute approximate surface area is 157 Å². The van der Waals surface area contributed by atoms with Crippen molar-refractivity contribution in [1.29, 1.82) is 5.26 Å². The van der Waals surface area contributed by atoms with Crippen molar-refractivity contribution < 1.29 is 0 Å². The maximum atomic E-state index is 12.1. The number of para-hydroxylation sites is 1. The summed E-state index contributed by atoms with van der Waals surface area (Å²) in [5.74, 6) is 0.221. The largest absolute Gasteiger partial charge is 0.324 e. The number of benzene rings is 2. The van der Waals surface area contributed by atoms with Gasteiger partial charge in [0.25, 0.3) is 5.56 Å². The summed E-state index contributed by atoms with van der Waals surface area (Å²) in [7, 11) is 0. The van der Waals surface area contributed by atoms with Gasteiger partial charge in [0, 0.05) is 11.3 Å². The normalized spacial score (nSPS) is 17.1. The number of nitrogens with zero attached hydrogens (tertiary/aromatic N) is 2. The number of hydrogen-bond acceptors (Lipinski definition) is 4. The van der Waals surface area contributed by atoms with Crippen LogP contribution in [-0.4, -0.2) is 10.7 Å². The van der Waals surface area contributed by atoms with Crippen LogP contribution in [0.3, 0.4) is 0 Å². The maximum Gasteiger partial charge on any atom is 0.266 e. The van der Waals surface area contributed by atoms with Crippen molar-refractivity contribution in [1.82, 2.24) is 4.98 Å². The summed E-state index contributed by atoms with van der Waals surface area (Å²) in [5, 5.41) is 13.8. The predicted octanol–water partition coefficient (Wildman–Crippen LogP) is 3.79. The SMILES string of the molecule is N#Cc1cc2c([nH]c1=O)C[C@@H](c1ccccc1)C/C2=N/Nc1ccccc1. The molecule has 4 rings (SSSR count). The Morgan fingerprint density at radius 2 is 1.74 bits per heavy atom. The van der Waals surface area contributed by atoms with Crippen LogP contribution in [0.15, 0.2) is 76.6 Å². The highest BCUT2D eigenvalue weighted by Crippen LogP contribution is 2.32. The van der Waals surface area contributed by atoms with Gasteiger partial charge in [0.05, 0.1) is 11.4 Å². The van der Waals surface area contributed by atoms with Crippen molar-refractivity contribution in [3.8, 4) is 6.07 Å². The quantitative estimate of drug-likeness (QED) is 0.702. The standard InChI is InChI=1S/C22H18N4O/c23-14-17-11-19-20(24-22(17)27)12-16(15-7-3-1-4-8-15)13-21(19)26-25-18-9-5-2-6-10-18/h1-11,16,25H,12-13H2,(H,24,27)/b26-21-/t16-/m1/s1. The smallest absolute Gasteiger partial charge is 0.266 e. The van der Waals surface area contributed by atoms with E-state index in [0.29, 0.717) is 6.42 Å². The first kappa shape index (κ1) is 16.8. The van der Waals surface area contributed by atoms with Gasteiger partial charge in [-0.05, 0) is 42.5 Å². The molecule has 0 aliphatic heterocycles. The van der Waals surface area contributed by atoms with E-state index in [1.165, 1.54) is 5.56 Å². The van der Waals surface area contributed by atoms with Gasteiger partial charge in [0.1, 0.15) is 11.6 Å². The van der Waals surface area contributed by atoms with Gasteiger partial charge >= 0.3 is 0 Å². The Morgan fingerprint density at radius 1 is 1.04 bits per heavy atom. The molecule has 5 nitrogen and oxygen atoms in total. The molecule has 132 valence electrons. The van der Waals surface area contributed by atoms with Crippen LogP contribution in [0.2, 0.25) is 0 Å². The van der Waals surface area contributed by atoms with Crippen molar-refractivity contribution >= 4 is 11.4 Å². The molecule has 5 heteroatoms. The summed E-state index contributed by atoms with van der Waals surface area (Å²) in [6.07, 6.45) is 1.44. The average Bonchev–Trinajstić information content (AvgIpc) is 2.72. The summed E-state index contributed by atoms with van der Waals surface area (Å²) in [6.45, 7) is 0. The fourth-order valence-electron chi connectivity index (χ4n) is 3.44. The van der Waals surface area contributed by atoms with Gasteiger partial charge < -0.3 is 4.98 Å². The lowest BCUT2D eigenvalue weighted by Gasteiger charge is -2.26. The first-order chi connectivity index (χ1) is 13.2. The highest BCUT2D eigenvalue weighted by molar-refractivity contribution is 6.03. The van der Waals surface area contributed by atoms with Crippen LogP contribution in [0.5, 0.6) is 0 Å². The van der Waals surface area contributed by atoms with Crippen LogP contribution in [0.1, 0.15) is 34.7 Å². The summed E-state index contributed by atoms with van der Waals surface area (Å²) in [4.78, 5) is 15.0. The topological polar surface area (TPSA) is 81.0 Å². The fourth-order valence-corrected chi connectivity index (χ4v) is 3.44. The van der Waals surface area contributed by atoms with Gasteiger partial charge in [0.2, 0.25) is 0 Å². The second-order valence-electron chi connectivity index (χ2n) is 6.57. The molecule has 1 aromatic heterocycles. The van der Waals surface area contributed by atoms with Crippen molar-refractivity contribution in [2.24, 2.45) is 5.10 Å². The van der Waals surface area contributed by atoms with Gasteiger partial charge in [-0.25, -0.2) is 0 Å². The lowest BCUT2D eigenvalue weighted by atomic mass is 9.81. The van der Waals surface area contributed by atoms with E-state index in [4.69, 9.17) is 0 Å². The molecule has 0 amide bonds. The molecule has 2 aromatic carbocycles. The summed E-state index contributed by atoms with van der Waals surface area (Å²) in [5.41, 5.74) is 7.45. The van der Waals surface area contributed by atoms with E-state index >= 15 is 0 Å². The van der Waals surface area contributed by atoms with Crippen LogP contribution in [-0.2, 0) is 6.42 Å². The number of pyridine rings is 1. The molecule has 0 radical (unpaired) electrons. The third-order valence-electron chi connectivity index (χ3n) is 4.81. The van der Waals surface area contributed by atoms with Crippen molar-refractivity contribution in [2.75, 3.05) is 5.43 Å². The Kier molecular flexibility index (Phi) is 4.54. The Morgan fingerprint density at radius 3 is 2.44 bits per heavy atom. The Balaban J connectivity index is 1.76. The lowest BCUT2D eigenvalue weighted by Crippen LogP contribution is -2.26. The van der Waals surface area contributed by atoms with Gasteiger partial charge in [-0.15, -0.1) is 0 Å². The number of rotatable bonds is 3. The van der Waals surface area contributed by atoms with Crippen molar-refractivity contribution in [3.05, 3.63) is 99.5 Å². The summed E-state index contributed by atoms with van der Waals surface area (Å²) in [6, 6.07) is 23.6. The second kappa shape index (κ2) is 7.30. The monoisotopic (exact) mass is 354 g/mol. The molecule has 0 fully saturated rings. The molecule has 2 N–H and O–H groups in total. The number of aromatic amines is 1. The number of hydrogen-bond donors (Lipinski definition) is 2. The fraction of sp³-hybridized carbons (Fsp3) is 0.136. The van der Waals surface area contributed by atoms with Crippen LogP contribution in [0, 0.1) is 11.3 Å². The lowest BCUT2D eigenvalue weighted by molar-refractivity contribution is 0.677. The van der Waals surface area contributed by atoms with Crippen molar-refractivity contribution in [2.45, 2.75) is 18.8 Å². The third-order valence-corrected chi connectivity index (χ3v) is 4.81. The minimum absolute atomic E-state index is 0.110. The first-order valence-electron chi connectivity index (χ1n) is 8.84. The predicted molar refractivity (Wildman–Crippen MR) is 106 cm³/mol. The zero-order valence-electron chi connectivity index (χ0n) is 14.6. The molecule has 1 atom stereocenters. The number of fused-ring (bicyclic) bond motifs is 1. The van der Waals surface area contributed by atoms with E-state index in [-0.39, 0.29) is 17.0 Å². The zero-order chi connectivity index (χ0) is 18.6.